The Kier molecular flexibility index (Phi) is 7.74. The predicted octanol–water partition coefficient (Wildman–Crippen LogP) is 1.04. The van der Waals surface area contributed by atoms with E-state index in [-0.39, 0.29) is 24.6 Å². The summed E-state index contributed by atoms with van der Waals surface area (Å²) in [5, 5.41) is 1.96. The van der Waals surface area contributed by atoms with Crippen molar-refractivity contribution in [1.29, 1.82) is 0 Å². The topological polar surface area (TPSA) is 179 Å². The summed E-state index contributed by atoms with van der Waals surface area (Å²) in [7, 11) is 3.05. The average Bonchev–Trinajstić information content (AvgIpc) is 2.81. The monoisotopic (exact) mass is 486 g/mol. The van der Waals surface area contributed by atoms with E-state index < -0.39 is 23.2 Å². The number of aromatic nitrogens is 4. The largest absolute Gasteiger partial charge is 0.467 e. The maximum absolute atomic E-state index is 12.6. The second kappa shape index (κ2) is 10.7. The average molecular weight is 487 g/mol. The maximum atomic E-state index is 12.6. The van der Waals surface area contributed by atoms with E-state index in [1.807, 2.05) is 11.9 Å². The molecule has 3 aromatic rings. The van der Waals surface area contributed by atoms with Crippen LogP contribution in [-0.4, -0.2) is 57.3 Å². The zero-order valence-electron chi connectivity index (χ0n) is 18.5. The lowest BCUT2D eigenvalue weighted by Crippen LogP contribution is -2.41. The van der Waals surface area contributed by atoms with Gasteiger partial charge in [-0.3, -0.25) is 9.59 Å². The Balaban J connectivity index is 1.68. The van der Waals surface area contributed by atoms with Crippen LogP contribution in [0.2, 0.25) is 0 Å². The van der Waals surface area contributed by atoms with E-state index >= 15 is 0 Å². The number of esters is 1. The number of anilines is 3. The Morgan fingerprint density at radius 3 is 2.50 bits per heavy atom. The molecule has 1 amide bonds. The molecule has 0 fully saturated rings. The van der Waals surface area contributed by atoms with Crippen LogP contribution in [-0.2, 0) is 20.9 Å². The van der Waals surface area contributed by atoms with Crippen LogP contribution in [0, 0.1) is 0 Å². The third-order valence-electron chi connectivity index (χ3n) is 4.89. The van der Waals surface area contributed by atoms with E-state index in [4.69, 9.17) is 23.1 Å². The number of methoxy groups -OCH3 is 1. The van der Waals surface area contributed by atoms with Crippen molar-refractivity contribution in [3.05, 3.63) is 41.7 Å². The van der Waals surface area contributed by atoms with E-state index in [0.29, 0.717) is 29.0 Å². The van der Waals surface area contributed by atoms with Gasteiger partial charge < -0.3 is 26.4 Å². The van der Waals surface area contributed by atoms with E-state index in [9.17, 15) is 14.4 Å². The minimum Gasteiger partial charge on any atom is -0.467 e. The first-order chi connectivity index (χ1) is 16.2. The number of carbonyl (C=O) groups excluding carboxylic acids is 3. The van der Waals surface area contributed by atoms with Crippen molar-refractivity contribution in [2.24, 2.45) is 0 Å². The van der Waals surface area contributed by atoms with E-state index in [1.54, 1.807) is 30.5 Å². The van der Waals surface area contributed by atoms with Crippen LogP contribution in [0.4, 0.5) is 17.5 Å². The number of fused-ring (bicyclic) bond motifs is 1. The van der Waals surface area contributed by atoms with Crippen molar-refractivity contribution in [2.45, 2.75) is 25.4 Å². The van der Waals surface area contributed by atoms with Gasteiger partial charge in [-0.25, -0.2) is 14.8 Å². The predicted molar refractivity (Wildman–Crippen MR) is 126 cm³/mol. The molecule has 0 spiro atoms. The molecule has 0 radical (unpaired) electrons. The number of hydrogen-bond donors (Lipinski definition) is 3. The van der Waals surface area contributed by atoms with Crippen LogP contribution in [0.15, 0.2) is 30.5 Å². The Bertz CT molecular complexity index is 1220. The second-order valence-electron chi connectivity index (χ2n) is 7.35. The van der Waals surface area contributed by atoms with Crippen LogP contribution in [0.3, 0.4) is 0 Å². The Morgan fingerprint density at radius 2 is 1.85 bits per heavy atom. The third-order valence-corrected chi connectivity index (χ3v) is 5.08. The van der Waals surface area contributed by atoms with Gasteiger partial charge in [0.25, 0.3) is 5.91 Å². The Morgan fingerprint density at radius 1 is 1.15 bits per heavy atom. The van der Waals surface area contributed by atoms with E-state index in [1.165, 1.54) is 7.11 Å². The van der Waals surface area contributed by atoms with Gasteiger partial charge in [0.1, 0.15) is 6.04 Å². The molecule has 12 nitrogen and oxygen atoms in total. The molecule has 0 saturated heterocycles. The summed E-state index contributed by atoms with van der Waals surface area (Å²) in [5.74, 6) is -0.969. The molecule has 0 aliphatic carbocycles. The van der Waals surface area contributed by atoms with Crippen LogP contribution >= 0.6 is 11.6 Å². The summed E-state index contributed by atoms with van der Waals surface area (Å²) < 4.78 is 4.68. The fourth-order valence-electron chi connectivity index (χ4n) is 3.15. The van der Waals surface area contributed by atoms with Crippen LogP contribution in [0.1, 0.15) is 28.9 Å². The van der Waals surface area contributed by atoms with Gasteiger partial charge in [0.05, 0.1) is 25.5 Å². The molecule has 13 heteroatoms. The number of ether oxygens (including phenoxy) is 1. The molecule has 2 heterocycles. The molecule has 0 saturated carbocycles. The second-order valence-corrected chi connectivity index (χ2v) is 7.77. The Hall–Kier alpha value is -4.06. The molecule has 0 bridgehead atoms. The highest BCUT2D eigenvalue weighted by Crippen LogP contribution is 2.19. The number of nitrogens with two attached hydrogens (primary N) is 2. The molecule has 5 N–H and O–H groups in total. The molecule has 1 aromatic carbocycles. The lowest BCUT2D eigenvalue weighted by atomic mass is 10.1. The number of nitrogens with one attached hydrogen (secondary N) is 1. The molecule has 178 valence electrons. The number of nitrogens with zero attached hydrogens (tertiary/aromatic N) is 5. The summed E-state index contributed by atoms with van der Waals surface area (Å²) in [4.78, 5) is 54.0. The van der Waals surface area contributed by atoms with Crippen molar-refractivity contribution in [1.82, 2.24) is 25.3 Å². The number of amides is 1. The first kappa shape index (κ1) is 24.6. The summed E-state index contributed by atoms with van der Waals surface area (Å²) in [5.41, 5.74) is 13.9. The van der Waals surface area contributed by atoms with E-state index in [2.05, 4.69) is 30.0 Å². The quantitative estimate of drug-likeness (QED) is 0.290. The molecule has 0 aliphatic rings. The van der Waals surface area contributed by atoms with Gasteiger partial charge in [0.2, 0.25) is 11.2 Å². The third kappa shape index (κ3) is 6.04. The SMILES string of the molecule is COC(=O)C(CCC(=O)Cl)NC(=O)c1ccc(N(C)Cc2cnc3nc(N)nc(N)c3n2)cc1. The first-order valence-electron chi connectivity index (χ1n) is 10.1. The minimum absolute atomic E-state index is 0.0266. The fourth-order valence-corrected chi connectivity index (χ4v) is 3.26. The van der Waals surface area contributed by atoms with Gasteiger partial charge in [0, 0.05) is 24.7 Å². The van der Waals surface area contributed by atoms with Crippen molar-refractivity contribution in [3.63, 3.8) is 0 Å². The van der Waals surface area contributed by atoms with Crippen LogP contribution in [0.5, 0.6) is 0 Å². The van der Waals surface area contributed by atoms with Crippen molar-refractivity contribution < 1.29 is 19.1 Å². The molecule has 34 heavy (non-hydrogen) atoms. The van der Waals surface area contributed by atoms with Crippen molar-refractivity contribution >= 4 is 57.3 Å². The number of benzene rings is 1. The smallest absolute Gasteiger partial charge is 0.328 e. The molecular weight excluding hydrogens is 464 g/mol. The number of rotatable bonds is 9. The minimum atomic E-state index is -0.985. The van der Waals surface area contributed by atoms with E-state index in [0.717, 1.165) is 5.69 Å². The molecule has 0 aliphatic heterocycles. The first-order valence-corrected chi connectivity index (χ1v) is 10.5. The Labute approximate surface area is 199 Å². The van der Waals surface area contributed by atoms with Crippen molar-refractivity contribution in [3.8, 4) is 0 Å². The zero-order chi connectivity index (χ0) is 24.8. The van der Waals surface area contributed by atoms with Gasteiger partial charge in [-0.1, -0.05) is 0 Å². The molecule has 3 rings (SSSR count). The van der Waals surface area contributed by atoms with Gasteiger partial charge in [0.15, 0.2) is 17.0 Å². The number of nitrogen functional groups attached to an aromatic ring is 2. The summed E-state index contributed by atoms with van der Waals surface area (Å²) in [6.07, 6.45) is 1.54. The summed E-state index contributed by atoms with van der Waals surface area (Å²) in [6, 6.07) is 5.74. The normalized spacial score (nSPS) is 11.6. The number of halogens is 1. The van der Waals surface area contributed by atoms with Gasteiger partial charge >= 0.3 is 5.97 Å². The summed E-state index contributed by atoms with van der Waals surface area (Å²) in [6.45, 7) is 0.398. The highest BCUT2D eigenvalue weighted by Gasteiger charge is 2.23. The molecule has 1 atom stereocenters. The standard InChI is InChI=1S/C21H23ClN8O4/c1-30(10-12-9-25-18-16(26-12)17(23)28-21(24)29-18)13-5-3-11(4-6-13)19(32)27-14(20(33)34-2)7-8-15(22)31/h3-6,9,14H,7-8,10H2,1-2H3,(H,27,32)(H4,23,24,25,28,29). The highest BCUT2D eigenvalue weighted by molar-refractivity contribution is 6.63. The lowest BCUT2D eigenvalue weighted by Gasteiger charge is -2.20. The van der Waals surface area contributed by atoms with Crippen LogP contribution < -0.4 is 21.7 Å². The number of hydrogen-bond acceptors (Lipinski definition) is 11. The molecule has 2 aromatic heterocycles. The maximum Gasteiger partial charge on any atom is 0.328 e. The lowest BCUT2D eigenvalue weighted by molar-refractivity contribution is -0.143. The van der Waals surface area contributed by atoms with Crippen molar-refractivity contribution in [2.75, 3.05) is 30.5 Å². The molecular formula is C21H23ClN8O4. The number of carbonyl (C=O) groups is 3. The highest BCUT2D eigenvalue weighted by atomic mass is 35.5. The molecule has 1 unspecified atom stereocenters. The van der Waals surface area contributed by atoms with Gasteiger partial charge in [-0.05, 0) is 42.3 Å². The van der Waals surface area contributed by atoms with Crippen LogP contribution in [0.25, 0.3) is 11.2 Å². The van der Waals surface area contributed by atoms with Gasteiger partial charge in [-0.15, -0.1) is 0 Å². The fraction of sp³-hybridized carbons (Fsp3) is 0.286. The zero-order valence-corrected chi connectivity index (χ0v) is 19.2. The van der Waals surface area contributed by atoms with Gasteiger partial charge in [-0.2, -0.15) is 9.97 Å². The summed E-state index contributed by atoms with van der Waals surface area (Å²) >= 11 is 5.34.